The molecule has 3 atom stereocenters. The first-order valence-electron chi connectivity index (χ1n) is 6.67. The fourth-order valence-corrected chi connectivity index (χ4v) is 3.73. The van der Waals surface area contributed by atoms with E-state index in [1.165, 1.54) is 38.5 Å². The van der Waals surface area contributed by atoms with E-state index >= 15 is 0 Å². The molecule has 0 bridgehead atoms. The lowest BCUT2D eigenvalue weighted by molar-refractivity contribution is 0.0999. The molecule has 1 unspecified atom stereocenters. The zero-order valence-electron chi connectivity index (χ0n) is 10.2. The second-order valence-corrected chi connectivity index (χ2v) is 6.33. The van der Waals surface area contributed by atoms with Gasteiger partial charge in [0.05, 0.1) is 12.2 Å². The maximum Gasteiger partial charge on any atom is 0.0921 e. The summed E-state index contributed by atoms with van der Waals surface area (Å²) in [5.74, 6) is 0.767. The molecule has 16 heavy (non-hydrogen) atoms. The monoisotopic (exact) mass is 218 g/mol. The molecule has 1 spiro atoms. The Labute approximate surface area is 98.6 Å². The standard InChI is InChI=1S/C15H22O/c1-14(10-13-6-3-2-4-7-13)8-5-9-15(11-14)12-16-15/h2-4,6,13H,5,7-12H2,1H3/t13?,14-,15-/m0/s1. The Morgan fingerprint density at radius 1 is 1.31 bits per heavy atom. The van der Waals surface area contributed by atoms with Crippen LogP contribution in [0.1, 0.15) is 45.4 Å². The largest absolute Gasteiger partial charge is 0.370 e. The summed E-state index contributed by atoms with van der Waals surface area (Å²) >= 11 is 0. The summed E-state index contributed by atoms with van der Waals surface area (Å²) in [6.07, 6.45) is 17.0. The van der Waals surface area contributed by atoms with Gasteiger partial charge in [0.1, 0.15) is 0 Å². The SMILES string of the molecule is C[C@@]1(CC2C=CC=CC2)CCC[C@@]2(CO2)C1. The van der Waals surface area contributed by atoms with E-state index in [-0.39, 0.29) is 0 Å². The van der Waals surface area contributed by atoms with Crippen molar-refractivity contribution >= 4 is 0 Å². The van der Waals surface area contributed by atoms with Gasteiger partial charge in [0.15, 0.2) is 0 Å². The fraction of sp³-hybridized carbons (Fsp3) is 0.733. The molecule has 0 aromatic carbocycles. The highest BCUT2D eigenvalue weighted by molar-refractivity contribution is 5.12. The Bertz CT molecular complexity index is 324. The summed E-state index contributed by atoms with van der Waals surface area (Å²) < 4.78 is 5.69. The van der Waals surface area contributed by atoms with Crippen molar-refractivity contribution in [1.29, 1.82) is 0 Å². The summed E-state index contributed by atoms with van der Waals surface area (Å²) in [5.41, 5.74) is 0.843. The van der Waals surface area contributed by atoms with Crippen molar-refractivity contribution in [3.63, 3.8) is 0 Å². The molecule has 0 amide bonds. The molecule has 0 aromatic rings. The van der Waals surface area contributed by atoms with Crippen LogP contribution in [0.2, 0.25) is 0 Å². The minimum atomic E-state index is 0.321. The molecule has 0 aromatic heterocycles. The van der Waals surface area contributed by atoms with Crippen LogP contribution in [0, 0.1) is 11.3 Å². The Morgan fingerprint density at radius 2 is 2.19 bits per heavy atom. The zero-order chi connectivity index (χ0) is 11.1. The summed E-state index contributed by atoms with van der Waals surface area (Å²) in [4.78, 5) is 0. The smallest absolute Gasteiger partial charge is 0.0921 e. The van der Waals surface area contributed by atoms with E-state index in [1.54, 1.807) is 0 Å². The predicted octanol–water partition coefficient (Wildman–Crippen LogP) is 3.86. The number of hydrogen-bond donors (Lipinski definition) is 0. The topological polar surface area (TPSA) is 12.5 Å². The van der Waals surface area contributed by atoms with Crippen LogP contribution in [-0.2, 0) is 4.74 Å². The quantitative estimate of drug-likeness (QED) is 0.641. The van der Waals surface area contributed by atoms with Gasteiger partial charge < -0.3 is 4.74 Å². The van der Waals surface area contributed by atoms with Gasteiger partial charge in [-0.1, -0.05) is 31.2 Å². The van der Waals surface area contributed by atoms with Gasteiger partial charge in [0.25, 0.3) is 0 Å². The maximum absolute atomic E-state index is 5.69. The summed E-state index contributed by atoms with van der Waals surface area (Å²) in [5, 5.41) is 0. The fourth-order valence-electron chi connectivity index (χ4n) is 3.73. The van der Waals surface area contributed by atoms with Crippen LogP contribution in [0.15, 0.2) is 24.3 Å². The Morgan fingerprint density at radius 3 is 2.88 bits per heavy atom. The zero-order valence-corrected chi connectivity index (χ0v) is 10.2. The van der Waals surface area contributed by atoms with E-state index in [0.29, 0.717) is 11.0 Å². The van der Waals surface area contributed by atoms with Crippen molar-refractivity contribution < 1.29 is 4.74 Å². The van der Waals surface area contributed by atoms with E-state index in [2.05, 4.69) is 31.2 Å². The van der Waals surface area contributed by atoms with Crippen LogP contribution in [-0.4, -0.2) is 12.2 Å². The molecule has 88 valence electrons. The lowest BCUT2D eigenvalue weighted by Gasteiger charge is -2.39. The van der Waals surface area contributed by atoms with E-state index in [1.807, 2.05) is 0 Å². The van der Waals surface area contributed by atoms with Crippen LogP contribution >= 0.6 is 0 Å². The second kappa shape index (κ2) is 3.73. The molecule has 0 N–H and O–H groups in total. The van der Waals surface area contributed by atoms with Gasteiger partial charge in [-0.05, 0) is 49.9 Å². The van der Waals surface area contributed by atoms with Gasteiger partial charge in [-0.2, -0.15) is 0 Å². The molecule has 1 heteroatoms. The van der Waals surface area contributed by atoms with Crippen LogP contribution < -0.4 is 0 Å². The van der Waals surface area contributed by atoms with E-state index in [9.17, 15) is 0 Å². The predicted molar refractivity (Wildman–Crippen MR) is 66.3 cm³/mol. The highest BCUT2D eigenvalue weighted by atomic mass is 16.6. The molecular formula is C15H22O. The minimum Gasteiger partial charge on any atom is -0.370 e. The van der Waals surface area contributed by atoms with Crippen molar-refractivity contribution in [2.45, 2.75) is 51.0 Å². The van der Waals surface area contributed by atoms with Crippen molar-refractivity contribution in [3.05, 3.63) is 24.3 Å². The molecule has 1 aliphatic heterocycles. The second-order valence-electron chi connectivity index (χ2n) is 6.33. The molecule has 1 nitrogen and oxygen atoms in total. The highest BCUT2D eigenvalue weighted by Gasteiger charge is 2.51. The third-order valence-electron chi connectivity index (χ3n) is 4.54. The normalized spacial score (nSPS) is 46.2. The molecular weight excluding hydrogens is 196 g/mol. The summed E-state index contributed by atoms with van der Waals surface area (Å²) in [7, 11) is 0. The first-order valence-corrected chi connectivity index (χ1v) is 6.67. The molecule has 1 heterocycles. The van der Waals surface area contributed by atoms with Crippen LogP contribution in [0.4, 0.5) is 0 Å². The van der Waals surface area contributed by atoms with Gasteiger partial charge >= 0.3 is 0 Å². The molecule has 1 saturated heterocycles. The average Bonchev–Trinajstić information content (AvgIpc) is 2.98. The van der Waals surface area contributed by atoms with Crippen molar-refractivity contribution in [2.24, 2.45) is 11.3 Å². The van der Waals surface area contributed by atoms with Gasteiger partial charge in [0.2, 0.25) is 0 Å². The first-order chi connectivity index (χ1) is 7.70. The van der Waals surface area contributed by atoms with Gasteiger partial charge in [-0.15, -0.1) is 0 Å². The highest BCUT2D eigenvalue weighted by Crippen LogP contribution is 2.52. The van der Waals surface area contributed by atoms with Gasteiger partial charge in [0, 0.05) is 0 Å². The van der Waals surface area contributed by atoms with Crippen molar-refractivity contribution in [3.8, 4) is 0 Å². The molecule has 3 rings (SSSR count). The van der Waals surface area contributed by atoms with Crippen molar-refractivity contribution in [1.82, 2.24) is 0 Å². The number of hydrogen-bond acceptors (Lipinski definition) is 1. The number of allylic oxidation sites excluding steroid dienone is 4. The van der Waals surface area contributed by atoms with E-state index in [4.69, 9.17) is 4.74 Å². The number of ether oxygens (including phenoxy) is 1. The third kappa shape index (κ3) is 2.10. The van der Waals surface area contributed by atoms with Crippen LogP contribution in [0.5, 0.6) is 0 Å². The number of epoxide rings is 1. The Kier molecular flexibility index (Phi) is 2.47. The Hall–Kier alpha value is -0.560. The Balaban J connectivity index is 1.63. The van der Waals surface area contributed by atoms with Gasteiger partial charge in [-0.25, -0.2) is 0 Å². The van der Waals surface area contributed by atoms with Gasteiger partial charge in [-0.3, -0.25) is 0 Å². The molecule has 2 aliphatic carbocycles. The lowest BCUT2D eigenvalue weighted by atomic mass is 9.66. The molecule has 3 aliphatic rings. The average molecular weight is 218 g/mol. The minimum absolute atomic E-state index is 0.321. The van der Waals surface area contributed by atoms with Crippen LogP contribution in [0.25, 0.3) is 0 Å². The maximum atomic E-state index is 5.69. The lowest BCUT2D eigenvalue weighted by Crippen LogP contribution is -2.32. The third-order valence-corrected chi connectivity index (χ3v) is 4.54. The summed E-state index contributed by atoms with van der Waals surface area (Å²) in [6, 6.07) is 0. The molecule has 1 saturated carbocycles. The van der Waals surface area contributed by atoms with E-state index < -0.39 is 0 Å². The first kappa shape index (κ1) is 10.6. The van der Waals surface area contributed by atoms with Crippen LogP contribution in [0.3, 0.4) is 0 Å². The van der Waals surface area contributed by atoms with Crippen molar-refractivity contribution in [2.75, 3.05) is 6.61 Å². The van der Waals surface area contributed by atoms with E-state index in [0.717, 1.165) is 12.5 Å². The molecule has 0 radical (unpaired) electrons. The summed E-state index contributed by atoms with van der Waals surface area (Å²) in [6.45, 7) is 3.50. The molecule has 2 fully saturated rings. The number of rotatable bonds is 2.